The topological polar surface area (TPSA) is 117 Å². The molecule has 1 N–H and O–H groups in total. The van der Waals surface area contributed by atoms with Gasteiger partial charge in [-0.3, -0.25) is 9.29 Å². The number of hydrogen-bond acceptors (Lipinski definition) is 8. The Bertz CT molecular complexity index is 1450. The van der Waals surface area contributed by atoms with Gasteiger partial charge in [0.2, 0.25) is 5.88 Å². The summed E-state index contributed by atoms with van der Waals surface area (Å²) in [6, 6.07) is 12.9. The van der Waals surface area contributed by atoms with Gasteiger partial charge in [-0.2, -0.15) is 4.98 Å². The molecule has 0 aliphatic heterocycles. The molecule has 4 aromatic rings. The number of aromatic nitrogens is 4. The molecule has 2 aromatic heterocycles. The fourth-order valence-corrected chi connectivity index (χ4v) is 4.66. The highest BCUT2D eigenvalue weighted by molar-refractivity contribution is 7.92. The van der Waals surface area contributed by atoms with Gasteiger partial charge in [-0.1, -0.05) is 0 Å². The summed E-state index contributed by atoms with van der Waals surface area (Å²) in [6.45, 7) is 8.07. The Morgan fingerprint density at radius 1 is 0.917 bits per heavy atom. The van der Waals surface area contributed by atoms with Crippen molar-refractivity contribution in [1.82, 2.24) is 19.5 Å². The number of anilines is 1. The number of rotatable bonds is 10. The maximum Gasteiger partial charge on any atom is 0.265 e. The van der Waals surface area contributed by atoms with Crippen molar-refractivity contribution in [2.24, 2.45) is 0 Å². The van der Waals surface area contributed by atoms with Gasteiger partial charge in [-0.25, -0.2) is 18.4 Å². The van der Waals surface area contributed by atoms with Crippen molar-refractivity contribution in [3.05, 3.63) is 72.6 Å². The highest BCUT2D eigenvalue weighted by Crippen LogP contribution is 2.31. The lowest BCUT2D eigenvalue weighted by molar-refractivity contribution is 0.317. The summed E-state index contributed by atoms with van der Waals surface area (Å²) in [5.74, 6) is 3.57. The summed E-state index contributed by atoms with van der Waals surface area (Å²) in [5, 5.41) is 0. The minimum Gasteiger partial charge on any atom is -0.494 e. The molecule has 0 saturated heterocycles. The molecule has 0 atom stereocenters. The Hall–Kier alpha value is -4.12. The van der Waals surface area contributed by atoms with Crippen molar-refractivity contribution < 1.29 is 22.6 Å². The third-order valence-corrected chi connectivity index (χ3v) is 6.44. The molecule has 2 heterocycles. The average Bonchev–Trinajstić information content (AvgIpc) is 3.26. The van der Waals surface area contributed by atoms with Crippen LogP contribution >= 0.6 is 0 Å². The fraction of sp³-hybridized carbons (Fsp3) is 0.240. The van der Waals surface area contributed by atoms with E-state index in [2.05, 4.69) is 19.7 Å². The quantitative estimate of drug-likeness (QED) is 0.328. The number of nitrogens with one attached hydrogen (secondary N) is 1. The standard InChI is InChI=1S/C25H27N5O5S/c1-5-33-21-11-12-23(22(15-21)34-6-2)36(31,32)29-19-7-9-20(10-8-19)35-25-16-24(27-17(3)28-25)30-14-13-26-18(30)4/h7-16,29H,5-6H2,1-4H3. The Morgan fingerprint density at radius 2 is 1.64 bits per heavy atom. The predicted octanol–water partition coefficient (Wildman–Crippen LogP) is 4.67. The molecule has 36 heavy (non-hydrogen) atoms. The van der Waals surface area contributed by atoms with Crippen LogP contribution in [0.3, 0.4) is 0 Å². The zero-order valence-corrected chi connectivity index (χ0v) is 21.2. The number of benzene rings is 2. The van der Waals surface area contributed by atoms with Gasteiger partial charge in [0.15, 0.2) is 0 Å². The van der Waals surface area contributed by atoms with E-state index >= 15 is 0 Å². The Balaban J connectivity index is 1.52. The van der Waals surface area contributed by atoms with Crippen LogP contribution in [-0.2, 0) is 10.0 Å². The van der Waals surface area contributed by atoms with E-state index in [1.807, 2.05) is 24.6 Å². The minimum absolute atomic E-state index is 0.0203. The number of hydrogen-bond donors (Lipinski definition) is 1. The molecule has 4 rings (SSSR count). The number of sulfonamides is 1. The molecular weight excluding hydrogens is 482 g/mol. The minimum atomic E-state index is -3.91. The molecule has 0 unspecified atom stereocenters. The number of aryl methyl sites for hydroxylation is 2. The Labute approximate surface area is 210 Å². The van der Waals surface area contributed by atoms with E-state index in [0.717, 1.165) is 5.82 Å². The summed E-state index contributed by atoms with van der Waals surface area (Å²) in [5.41, 5.74) is 0.368. The first-order chi connectivity index (χ1) is 17.3. The lowest BCUT2D eigenvalue weighted by Gasteiger charge is -2.14. The first kappa shape index (κ1) is 25.0. The van der Waals surface area contributed by atoms with Crippen LogP contribution in [0, 0.1) is 13.8 Å². The van der Waals surface area contributed by atoms with E-state index in [-0.39, 0.29) is 10.6 Å². The van der Waals surface area contributed by atoms with Gasteiger partial charge in [0.05, 0.1) is 13.2 Å². The molecule has 10 nitrogen and oxygen atoms in total. The number of ether oxygens (including phenoxy) is 3. The monoisotopic (exact) mass is 509 g/mol. The zero-order valence-electron chi connectivity index (χ0n) is 20.4. The van der Waals surface area contributed by atoms with Gasteiger partial charge in [0.25, 0.3) is 10.0 Å². The van der Waals surface area contributed by atoms with Crippen LogP contribution < -0.4 is 18.9 Å². The lowest BCUT2D eigenvalue weighted by Crippen LogP contribution is -2.14. The predicted molar refractivity (Wildman–Crippen MR) is 135 cm³/mol. The maximum atomic E-state index is 13.1. The summed E-state index contributed by atoms with van der Waals surface area (Å²) in [7, 11) is -3.91. The van der Waals surface area contributed by atoms with Crippen LogP contribution in [0.25, 0.3) is 5.82 Å². The lowest BCUT2D eigenvalue weighted by atomic mass is 10.3. The normalized spacial score (nSPS) is 11.2. The zero-order chi connectivity index (χ0) is 25.7. The van der Waals surface area contributed by atoms with Crippen molar-refractivity contribution in [2.75, 3.05) is 17.9 Å². The van der Waals surface area contributed by atoms with Crippen LogP contribution in [-0.4, -0.2) is 41.2 Å². The van der Waals surface area contributed by atoms with Gasteiger partial charge in [-0.15, -0.1) is 0 Å². The molecule has 0 fully saturated rings. The number of nitrogens with zero attached hydrogens (tertiary/aromatic N) is 4. The third-order valence-electron chi connectivity index (χ3n) is 5.02. The van der Waals surface area contributed by atoms with Crippen molar-refractivity contribution in [3.8, 4) is 28.9 Å². The van der Waals surface area contributed by atoms with E-state index < -0.39 is 10.0 Å². The van der Waals surface area contributed by atoms with Crippen molar-refractivity contribution in [3.63, 3.8) is 0 Å². The van der Waals surface area contributed by atoms with Crippen LogP contribution in [0.4, 0.5) is 5.69 Å². The SMILES string of the molecule is CCOc1ccc(S(=O)(=O)Nc2ccc(Oc3cc(-n4ccnc4C)nc(C)n3)cc2)c(OCC)c1. The van der Waals surface area contributed by atoms with E-state index in [0.29, 0.717) is 47.9 Å². The number of imidazole rings is 1. The largest absolute Gasteiger partial charge is 0.494 e. The molecule has 0 saturated carbocycles. The van der Waals surface area contributed by atoms with Crippen LogP contribution in [0.5, 0.6) is 23.1 Å². The smallest absolute Gasteiger partial charge is 0.265 e. The summed E-state index contributed by atoms with van der Waals surface area (Å²) in [4.78, 5) is 13.0. The first-order valence-electron chi connectivity index (χ1n) is 11.4. The molecular formula is C25H27N5O5S. The van der Waals surface area contributed by atoms with Gasteiger partial charge in [0, 0.05) is 30.2 Å². The second kappa shape index (κ2) is 10.6. The van der Waals surface area contributed by atoms with E-state index in [4.69, 9.17) is 14.2 Å². The highest BCUT2D eigenvalue weighted by atomic mass is 32.2. The van der Waals surface area contributed by atoms with Crippen molar-refractivity contribution in [1.29, 1.82) is 0 Å². The molecule has 0 aliphatic carbocycles. The molecule has 188 valence electrons. The van der Waals surface area contributed by atoms with Crippen molar-refractivity contribution >= 4 is 15.7 Å². The Kier molecular flexibility index (Phi) is 7.39. The first-order valence-corrected chi connectivity index (χ1v) is 12.8. The van der Waals surface area contributed by atoms with E-state index in [9.17, 15) is 8.42 Å². The van der Waals surface area contributed by atoms with Crippen LogP contribution in [0.15, 0.2) is 65.8 Å². The van der Waals surface area contributed by atoms with Crippen LogP contribution in [0.2, 0.25) is 0 Å². The summed E-state index contributed by atoms with van der Waals surface area (Å²) in [6.07, 6.45) is 3.50. The molecule has 2 aromatic carbocycles. The highest BCUT2D eigenvalue weighted by Gasteiger charge is 2.21. The second-order valence-electron chi connectivity index (χ2n) is 7.66. The average molecular weight is 510 g/mol. The molecule has 0 amide bonds. The molecule has 0 bridgehead atoms. The van der Waals surface area contributed by atoms with Gasteiger partial charge < -0.3 is 14.2 Å². The molecule has 0 radical (unpaired) electrons. The van der Waals surface area contributed by atoms with Gasteiger partial charge >= 0.3 is 0 Å². The van der Waals surface area contributed by atoms with E-state index in [1.165, 1.54) is 6.07 Å². The van der Waals surface area contributed by atoms with E-state index in [1.54, 1.807) is 62.5 Å². The molecule has 11 heteroatoms. The van der Waals surface area contributed by atoms with Crippen LogP contribution in [0.1, 0.15) is 25.5 Å². The van der Waals surface area contributed by atoms with Gasteiger partial charge in [0.1, 0.15) is 39.6 Å². The Morgan fingerprint density at radius 3 is 2.31 bits per heavy atom. The third kappa shape index (κ3) is 5.74. The summed E-state index contributed by atoms with van der Waals surface area (Å²) >= 11 is 0. The van der Waals surface area contributed by atoms with Crippen molar-refractivity contribution in [2.45, 2.75) is 32.6 Å². The molecule has 0 aliphatic rings. The summed E-state index contributed by atoms with van der Waals surface area (Å²) < 4.78 is 47.5. The maximum absolute atomic E-state index is 13.1. The molecule has 0 spiro atoms. The van der Waals surface area contributed by atoms with Gasteiger partial charge in [-0.05, 0) is 64.1 Å². The fourth-order valence-electron chi connectivity index (χ4n) is 3.48. The second-order valence-corrected chi connectivity index (χ2v) is 9.31.